The minimum atomic E-state index is -2.60. The van der Waals surface area contributed by atoms with Crippen LogP contribution in [-0.2, 0) is 20.4 Å². The van der Waals surface area contributed by atoms with Gasteiger partial charge in [-0.2, -0.15) is 0 Å². The molecule has 0 fully saturated rings. The van der Waals surface area contributed by atoms with Gasteiger partial charge in [0.15, 0.2) is 0 Å². The Morgan fingerprint density at radius 2 is 0.917 bits per heavy atom. The SMILES string of the molecule is Cc1ccc(C2=Cc3c(ccc(C)c3-c3ccccc3)[CH]2[Zr]([CH]2C(c3ccc(C)o3)=Cc3c2ccc(C)c3-c2ccccc2)=[Si](C)C)o1. The number of fused-ring (bicyclic) bond motifs is 2. The number of furan rings is 2. The first-order valence-electron chi connectivity index (χ1n) is 16.9. The molecule has 4 aromatic carbocycles. The van der Waals surface area contributed by atoms with Gasteiger partial charge in [0.2, 0.25) is 0 Å². The third-order valence-corrected chi connectivity index (χ3v) is 29.4. The molecule has 0 radical (unpaired) electrons. The summed E-state index contributed by atoms with van der Waals surface area (Å²) >= 11 is -2.60. The Labute approximate surface area is 292 Å². The van der Waals surface area contributed by atoms with E-state index in [9.17, 15) is 0 Å². The zero-order valence-electron chi connectivity index (χ0n) is 28.5. The van der Waals surface area contributed by atoms with Gasteiger partial charge in [0.25, 0.3) is 0 Å². The average molecular weight is 720 g/mol. The summed E-state index contributed by atoms with van der Waals surface area (Å²) in [6.07, 6.45) is 5.00. The van der Waals surface area contributed by atoms with Gasteiger partial charge in [-0.25, -0.2) is 0 Å². The van der Waals surface area contributed by atoms with Crippen LogP contribution in [0, 0.1) is 27.7 Å². The second-order valence-corrected chi connectivity index (χ2v) is 31.5. The molecule has 0 spiro atoms. The number of rotatable bonds is 6. The summed E-state index contributed by atoms with van der Waals surface area (Å²) < 4.78 is 13.7. The van der Waals surface area contributed by atoms with Crippen LogP contribution in [0.1, 0.15) is 63.7 Å². The van der Waals surface area contributed by atoms with Gasteiger partial charge in [-0.1, -0.05) is 0 Å². The quantitative estimate of drug-likeness (QED) is 0.160. The Bertz CT molecular complexity index is 2140. The fourth-order valence-electron chi connectivity index (χ4n) is 8.11. The van der Waals surface area contributed by atoms with Crippen LogP contribution in [0.15, 0.2) is 118 Å². The molecule has 48 heavy (non-hydrogen) atoms. The van der Waals surface area contributed by atoms with E-state index in [1.807, 2.05) is 0 Å². The molecular weight excluding hydrogens is 680 g/mol. The molecule has 2 aromatic heterocycles. The number of hydrogen-bond acceptors (Lipinski definition) is 2. The zero-order chi connectivity index (χ0) is 33.1. The maximum absolute atomic E-state index is 6.52. The predicted octanol–water partition coefficient (Wildman–Crippen LogP) is 12.2. The van der Waals surface area contributed by atoms with Gasteiger partial charge >= 0.3 is 294 Å². The Kier molecular flexibility index (Phi) is 8.14. The summed E-state index contributed by atoms with van der Waals surface area (Å²) in [4.78, 5) is 0. The van der Waals surface area contributed by atoms with Gasteiger partial charge in [-0.15, -0.1) is 0 Å². The molecule has 0 N–H and O–H groups in total. The molecule has 2 unspecified atom stereocenters. The van der Waals surface area contributed by atoms with Crippen LogP contribution in [0.25, 0.3) is 45.6 Å². The van der Waals surface area contributed by atoms with E-state index in [0.29, 0.717) is 7.25 Å². The summed E-state index contributed by atoms with van der Waals surface area (Å²) in [7, 11) is 0. The van der Waals surface area contributed by atoms with E-state index in [1.165, 1.54) is 66.8 Å². The maximum atomic E-state index is 6.52. The van der Waals surface area contributed by atoms with Crippen molar-refractivity contribution in [3.63, 3.8) is 0 Å². The molecule has 2 aliphatic carbocycles. The van der Waals surface area contributed by atoms with Crippen molar-refractivity contribution in [2.75, 3.05) is 0 Å². The third kappa shape index (κ3) is 5.25. The van der Waals surface area contributed by atoms with Crippen molar-refractivity contribution in [2.24, 2.45) is 0 Å². The fraction of sp³-hybridized carbons (Fsp3) is 0.182. The van der Waals surface area contributed by atoms with E-state index in [0.717, 1.165) is 23.0 Å². The Balaban J connectivity index is 1.40. The molecule has 236 valence electrons. The van der Waals surface area contributed by atoms with Gasteiger partial charge in [0.05, 0.1) is 0 Å². The van der Waals surface area contributed by atoms with Crippen molar-refractivity contribution in [1.29, 1.82) is 0 Å². The van der Waals surface area contributed by atoms with Gasteiger partial charge < -0.3 is 0 Å². The Morgan fingerprint density at radius 3 is 1.27 bits per heavy atom. The van der Waals surface area contributed by atoms with Crippen molar-refractivity contribution in [3.8, 4) is 22.3 Å². The molecule has 2 atom stereocenters. The van der Waals surface area contributed by atoms with Gasteiger partial charge in [-0.05, 0) is 0 Å². The zero-order valence-corrected chi connectivity index (χ0v) is 32.0. The molecule has 0 bridgehead atoms. The second kappa shape index (κ2) is 12.5. The van der Waals surface area contributed by atoms with Crippen LogP contribution in [-0.4, -0.2) is 5.43 Å². The van der Waals surface area contributed by atoms with Crippen molar-refractivity contribution in [1.82, 2.24) is 0 Å². The van der Waals surface area contributed by atoms with Crippen molar-refractivity contribution < 1.29 is 29.2 Å². The Hall–Kier alpha value is -3.98. The van der Waals surface area contributed by atoms with E-state index in [1.54, 1.807) is 0 Å². The van der Waals surface area contributed by atoms with E-state index in [2.05, 4.69) is 162 Å². The van der Waals surface area contributed by atoms with Crippen molar-refractivity contribution in [3.05, 3.63) is 166 Å². The van der Waals surface area contributed by atoms with Crippen LogP contribution in [0.5, 0.6) is 0 Å². The summed E-state index contributed by atoms with van der Waals surface area (Å²) in [6, 6.07) is 40.2. The van der Waals surface area contributed by atoms with Gasteiger partial charge in [0, 0.05) is 0 Å². The molecule has 4 heteroatoms. The van der Waals surface area contributed by atoms with Gasteiger partial charge in [-0.3, -0.25) is 0 Å². The number of hydrogen-bond donors (Lipinski definition) is 0. The van der Waals surface area contributed by atoms with Gasteiger partial charge in [0.1, 0.15) is 0 Å². The van der Waals surface area contributed by atoms with Crippen LogP contribution in [0.3, 0.4) is 0 Å². The number of allylic oxidation sites excluding steroid dienone is 2. The first-order valence-corrected chi connectivity index (χ1v) is 25.9. The van der Waals surface area contributed by atoms with Crippen molar-refractivity contribution in [2.45, 2.75) is 48.0 Å². The van der Waals surface area contributed by atoms with Crippen molar-refractivity contribution >= 4 is 28.7 Å². The molecule has 2 heterocycles. The van der Waals surface area contributed by atoms with E-state index in [-0.39, 0.29) is 0 Å². The molecule has 2 aliphatic rings. The molecule has 8 rings (SSSR count). The number of aryl methyl sites for hydroxylation is 4. The van der Waals surface area contributed by atoms with Crippen LogP contribution < -0.4 is 0 Å². The molecule has 0 saturated carbocycles. The average Bonchev–Trinajstić information content (AvgIpc) is 3.88. The summed E-state index contributed by atoms with van der Waals surface area (Å²) in [5.41, 5.74) is 15.7. The fourth-order valence-corrected chi connectivity index (χ4v) is 27.9. The van der Waals surface area contributed by atoms with Crippen LogP contribution >= 0.6 is 0 Å². The standard InChI is InChI=1S/2C21H17O.C2H6Si.Zr/c2*1-14-8-10-17-12-18(20-11-9-15(2)22-20)13-19(17)21(14)16-6-4-3-5-7-16;1-3-2;/h2*3-13H,1-2H3;1-2H3;. The third-order valence-electron chi connectivity index (χ3n) is 10.2. The van der Waals surface area contributed by atoms with E-state index in [4.69, 9.17) is 8.83 Å². The minimum absolute atomic E-state index is 0.358. The Morgan fingerprint density at radius 1 is 0.500 bits per heavy atom. The topological polar surface area (TPSA) is 26.3 Å². The molecular formula is C44H40O2SiZr. The normalized spacial score (nSPS) is 16.4. The molecule has 0 aliphatic heterocycles. The number of benzene rings is 4. The summed E-state index contributed by atoms with van der Waals surface area (Å²) in [5.74, 6) is 3.98. The molecule has 0 saturated heterocycles. The molecule has 2 nitrogen and oxygen atoms in total. The molecule has 0 amide bonds. The summed E-state index contributed by atoms with van der Waals surface area (Å²) in [6.45, 7) is 13.8. The second-order valence-electron chi connectivity index (χ2n) is 13.6. The van der Waals surface area contributed by atoms with Crippen LogP contribution in [0.4, 0.5) is 0 Å². The van der Waals surface area contributed by atoms with Crippen LogP contribution in [0.2, 0.25) is 13.1 Å². The first kappa shape index (κ1) is 31.3. The van der Waals surface area contributed by atoms with E-state index < -0.39 is 25.8 Å². The predicted molar refractivity (Wildman–Crippen MR) is 199 cm³/mol. The first-order chi connectivity index (χ1) is 23.3. The molecule has 6 aromatic rings. The van der Waals surface area contributed by atoms with E-state index >= 15 is 0 Å². The summed E-state index contributed by atoms with van der Waals surface area (Å²) in [5, 5.41) is 0. The monoisotopic (exact) mass is 718 g/mol.